The first-order valence-corrected chi connectivity index (χ1v) is 9.80. The zero-order valence-electron chi connectivity index (χ0n) is 14.2. The molecule has 2 rings (SSSR count). The monoisotopic (exact) mass is 327 g/mol. The minimum Gasteiger partial charge on any atom is -0.359 e. The predicted molar refractivity (Wildman–Crippen MR) is 107 cm³/mol. The van der Waals surface area contributed by atoms with Gasteiger partial charge in [-0.1, -0.05) is 44.6 Å². The average molecular weight is 328 g/mol. The van der Waals surface area contributed by atoms with Crippen molar-refractivity contribution in [3.8, 4) is 0 Å². The van der Waals surface area contributed by atoms with E-state index in [-0.39, 0.29) is 0 Å². The summed E-state index contributed by atoms with van der Waals surface area (Å²) in [6.07, 6.45) is 10.8. The Morgan fingerprint density at radius 2 is 1.96 bits per heavy atom. The standard InChI is InChI=1S/C21H29NS/c1-4-5-6-7-8-9-10-13-23-16-17(2)19-11-12-21-20(15-19)14-18(3)22-21/h4,11-12,15,22H,1-3,5-10,13-14,16H2. The molecule has 1 heterocycles. The van der Waals surface area contributed by atoms with Crippen LogP contribution in [0, 0.1) is 0 Å². The zero-order chi connectivity index (χ0) is 16.5. The summed E-state index contributed by atoms with van der Waals surface area (Å²) in [6, 6.07) is 6.60. The summed E-state index contributed by atoms with van der Waals surface area (Å²) in [7, 11) is 0. The molecule has 0 spiro atoms. The van der Waals surface area contributed by atoms with Gasteiger partial charge in [-0.05, 0) is 53.8 Å². The normalized spacial score (nSPS) is 12.8. The van der Waals surface area contributed by atoms with Crippen molar-refractivity contribution >= 4 is 23.0 Å². The fraction of sp³-hybridized carbons (Fsp3) is 0.429. The molecule has 0 saturated carbocycles. The lowest BCUT2D eigenvalue weighted by Crippen LogP contribution is -1.91. The highest BCUT2D eigenvalue weighted by molar-refractivity contribution is 7.99. The maximum Gasteiger partial charge on any atom is 0.0418 e. The number of thioether (sulfide) groups is 1. The van der Waals surface area contributed by atoms with Gasteiger partial charge in [0.1, 0.15) is 0 Å². The summed E-state index contributed by atoms with van der Waals surface area (Å²) < 4.78 is 0. The second-order valence-electron chi connectivity index (χ2n) is 6.28. The molecular weight excluding hydrogens is 298 g/mol. The van der Waals surface area contributed by atoms with Crippen molar-refractivity contribution in [1.29, 1.82) is 0 Å². The molecule has 0 aliphatic carbocycles. The molecule has 1 aromatic rings. The van der Waals surface area contributed by atoms with E-state index in [1.54, 1.807) is 0 Å². The molecule has 23 heavy (non-hydrogen) atoms. The van der Waals surface area contributed by atoms with Crippen LogP contribution in [0.2, 0.25) is 0 Å². The Hall–Kier alpha value is -1.41. The van der Waals surface area contributed by atoms with E-state index >= 15 is 0 Å². The van der Waals surface area contributed by atoms with Crippen LogP contribution in [0.3, 0.4) is 0 Å². The second-order valence-corrected chi connectivity index (χ2v) is 7.38. The van der Waals surface area contributed by atoms with Gasteiger partial charge in [0.2, 0.25) is 0 Å². The minimum atomic E-state index is 0.940. The zero-order valence-corrected chi connectivity index (χ0v) is 15.0. The van der Waals surface area contributed by atoms with Crippen LogP contribution in [-0.4, -0.2) is 11.5 Å². The van der Waals surface area contributed by atoms with Crippen molar-refractivity contribution in [2.24, 2.45) is 0 Å². The Morgan fingerprint density at radius 1 is 1.17 bits per heavy atom. The van der Waals surface area contributed by atoms with Crippen LogP contribution in [0.4, 0.5) is 5.69 Å². The first kappa shape index (κ1) is 17.9. The first-order chi connectivity index (χ1) is 11.2. The lowest BCUT2D eigenvalue weighted by atomic mass is 10.0. The Bertz CT molecular complexity index is 559. The lowest BCUT2D eigenvalue weighted by molar-refractivity contribution is 0.640. The number of allylic oxidation sites excluding steroid dienone is 2. The van der Waals surface area contributed by atoms with E-state index in [0.29, 0.717) is 0 Å². The summed E-state index contributed by atoms with van der Waals surface area (Å²) >= 11 is 2.01. The van der Waals surface area contributed by atoms with Crippen molar-refractivity contribution < 1.29 is 0 Å². The third-order valence-corrected chi connectivity index (χ3v) is 5.33. The van der Waals surface area contributed by atoms with E-state index in [9.17, 15) is 0 Å². The maximum atomic E-state index is 4.26. The number of unbranched alkanes of at least 4 members (excludes halogenated alkanes) is 5. The molecule has 0 aromatic heterocycles. The number of benzene rings is 1. The summed E-state index contributed by atoms with van der Waals surface area (Å²) in [4.78, 5) is 0. The van der Waals surface area contributed by atoms with E-state index < -0.39 is 0 Å². The molecule has 0 atom stereocenters. The fourth-order valence-electron chi connectivity index (χ4n) is 2.85. The van der Waals surface area contributed by atoms with Gasteiger partial charge in [0, 0.05) is 23.6 Å². The second kappa shape index (κ2) is 9.67. The van der Waals surface area contributed by atoms with E-state index in [0.717, 1.165) is 24.3 Å². The van der Waals surface area contributed by atoms with Gasteiger partial charge in [-0.15, -0.1) is 6.58 Å². The highest BCUT2D eigenvalue weighted by atomic mass is 32.2. The molecule has 0 saturated heterocycles. The Balaban J connectivity index is 1.61. The van der Waals surface area contributed by atoms with Crippen LogP contribution in [0.5, 0.6) is 0 Å². The van der Waals surface area contributed by atoms with Crippen molar-refractivity contribution in [1.82, 2.24) is 0 Å². The Kier molecular flexibility index (Phi) is 7.54. The predicted octanol–water partition coefficient (Wildman–Crippen LogP) is 6.44. The van der Waals surface area contributed by atoms with Crippen LogP contribution in [0.1, 0.15) is 49.7 Å². The van der Waals surface area contributed by atoms with Gasteiger partial charge in [-0.25, -0.2) is 0 Å². The van der Waals surface area contributed by atoms with Gasteiger partial charge >= 0.3 is 0 Å². The number of rotatable bonds is 11. The van der Waals surface area contributed by atoms with Crippen molar-refractivity contribution in [3.63, 3.8) is 0 Å². The molecule has 0 radical (unpaired) electrons. The number of hydrogen-bond donors (Lipinski definition) is 1. The third kappa shape index (κ3) is 5.95. The van der Waals surface area contributed by atoms with Crippen LogP contribution < -0.4 is 5.32 Å². The van der Waals surface area contributed by atoms with Crippen LogP contribution in [-0.2, 0) is 6.42 Å². The number of anilines is 1. The number of hydrogen-bond acceptors (Lipinski definition) is 2. The van der Waals surface area contributed by atoms with E-state index in [1.807, 2.05) is 17.8 Å². The van der Waals surface area contributed by atoms with Crippen molar-refractivity contribution in [2.45, 2.75) is 44.9 Å². The summed E-state index contributed by atoms with van der Waals surface area (Å²) in [5.41, 5.74) is 6.15. The topological polar surface area (TPSA) is 12.0 Å². The molecule has 0 fully saturated rings. The van der Waals surface area contributed by atoms with Crippen molar-refractivity contribution in [2.75, 3.05) is 16.8 Å². The van der Waals surface area contributed by atoms with Gasteiger partial charge in [0.05, 0.1) is 0 Å². The minimum absolute atomic E-state index is 0.940. The van der Waals surface area contributed by atoms with Gasteiger partial charge < -0.3 is 5.32 Å². The summed E-state index contributed by atoms with van der Waals surface area (Å²) in [5, 5.41) is 3.31. The fourth-order valence-corrected chi connectivity index (χ4v) is 3.81. The van der Waals surface area contributed by atoms with Gasteiger partial charge in [0.15, 0.2) is 0 Å². The maximum absolute atomic E-state index is 4.26. The van der Waals surface area contributed by atoms with Gasteiger partial charge in [0.25, 0.3) is 0 Å². The molecule has 0 bridgehead atoms. The van der Waals surface area contributed by atoms with Crippen molar-refractivity contribution in [3.05, 3.63) is 60.8 Å². The average Bonchev–Trinajstić information content (AvgIpc) is 2.92. The van der Waals surface area contributed by atoms with E-state index in [4.69, 9.17) is 0 Å². The first-order valence-electron chi connectivity index (χ1n) is 8.65. The quantitative estimate of drug-likeness (QED) is 0.370. The van der Waals surface area contributed by atoms with Crippen LogP contribution in [0.15, 0.2) is 49.7 Å². The third-order valence-electron chi connectivity index (χ3n) is 4.20. The lowest BCUT2D eigenvalue weighted by Gasteiger charge is -2.08. The molecule has 1 aromatic carbocycles. The molecule has 2 heteroatoms. The summed E-state index contributed by atoms with van der Waals surface area (Å²) in [6.45, 7) is 12.0. The number of fused-ring (bicyclic) bond motifs is 1. The highest BCUT2D eigenvalue weighted by Gasteiger charge is 2.13. The Morgan fingerprint density at radius 3 is 2.78 bits per heavy atom. The highest BCUT2D eigenvalue weighted by Crippen LogP contribution is 2.30. The SMILES string of the molecule is C=CCCCCCCCSCC(=C)c1ccc2c(c1)CC(=C)N2. The molecule has 1 aliphatic rings. The van der Waals surface area contributed by atoms with Gasteiger partial charge in [-0.2, -0.15) is 11.8 Å². The molecule has 1 N–H and O–H groups in total. The molecule has 0 unspecified atom stereocenters. The van der Waals surface area contributed by atoms with E-state index in [2.05, 4.69) is 43.3 Å². The smallest absolute Gasteiger partial charge is 0.0418 e. The molecule has 124 valence electrons. The molecular formula is C21H29NS. The van der Waals surface area contributed by atoms with Crippen LogP contribution >= 0.6 is 11.8 Å². The Labute approximate surface area is 146 Å². The summed E-state index contributed by atoms with van der Waals surface area (Å²) in [5.74, 6) is 2.27. The molecule has 1 nitrogen and oxygen atoms in total. The van der Waals surface area contributed by atoms with Gasteiger partial charge in [-0.3, -0.25) is 0 Å². The molecule has 1 aliphatic heterocycles. The largest absolute Gasteiger partial charge is 0.359 e. The molecule has 0 amide bonds. The van der Waals surface area contributed by atoms with Crippen LogP contribution in [0.25, 0.3) is 5.57 Å². The number of nitrogens with one attached hydrogen (secondary N) is 1. The van der Waals surface area contributed by atoms with E-state index in [1.165, 1.54) is 60.2 Å².